The second-order valence-corrected chi connectivity index (χ2v) is 5.40. The van der Waals surface area contributed by atoms with Gasteiger partial charge >= 0.3 is 0 Å². The molecule has 3 heteroatoms. The van der Waals surface area contributed by atoms with Gasteiger partial charge in [-0.05, 0) is 41.8 Å². The normalized spacial score (nSPS) is 12.6. The van der Waals surface area contributed by atoms with Crippen LogP contribution in [0, 0.1) is 0 Å². The van der Waals surface area contributed by atoms with Crippen LogP contribution >= 0.6 is 0 Å². The van der Waals surface area contributed by atoms with E-state index in [9.17, 15) is 0 Å². The fourth-order valence-electron chi connectivity index (χ4n) is 3.29. The van der Waals surface area contributed by atoms with Crippen LogP contribution in [0.3, 0.4) is 0 Å². The number of hydrogen-bond donors (Lipinski definition) is 1. The van der Waals surface area contributed by atoms with E-state index in [-0.39, 0.29) is 0 Å². The second kappa shape index (κ2) is 4.95. The molecule has 110 valence electrons. The molecule has 0 aliphatic heterocycles. The maximum Gasteiger partial charge on any atom is 0.128 e. The average Bonchev–Trinajstić information content (AvgIpc) is 3.21. The SMILES string of the molecule is COc1ccc2c(c1-c1c(OC)ccc3cc[nH]c13)CC=C2. The van der Waals surface area contributed by atoms with Crippen molar-refractivity contribution in [2.75, 3.05) is 14.2 Å². The molecule has 1 aromatic heterocycles. The van der Waals surface area contributed by atoms with Crippen molar-refractivity contribution in [3.63, 3.8) is 0 Å². The molecule has 0 spiro atoms. The maximum absolute atomic E-state index is 5.65. The molecule has 3 nitrogen and oxygen atoms in total. The number of aromatic amines is 1. The Hall–Kier alpha value is -2.68. The fourth-order valence-corrected chi connectivity index (χ4v) is 3.29. The molecule has 0 atom stereocenters. The first-order chi connectivity index (χ1) is 10.8. The van der Waals surface area contributed by atoms with Gasteiger partial charge in [-0.15, -0.1) is 0 Å². The Morgan fingerprint density at radius 1 is 0.909 bits per heavy atom. The molecule has 0 saturated heterocycles. The van der Waals surface area contributed by atoms with E-state index in [1.165, 1.54) is 16.5 Å². The highest BCUT2D eigenvalue weighted by atomic mass is 16.5. The number of allylic oxidation sites excluding steroid dienone is 1. The van der Waals surface area contributed by atoms with E-state index in [2.05, 4.69) is 35.3 Å². The summed E-state index contributed by atoms with van der Waals surface area (Å²) in [5.41, 5.74) is 5.82. The topological polar surface area (TPSA) is 34.2 Å². The van der Waals surface area contributed by atoms with Crippen LogP contribution in [0.4, 0.5) is 0 Å². The highest BCUT2D eigenvalue weighted by Crippen LogP contribution is 2.45. The first-order valence-corrected chi connectivity index (χ1v) is 7.34. The van der Waals surface area contributed by atoms with Gasteiger partial charge < -0.3 is 14.5 Å². The van der Waals surface area contributed by atoms with Crippen LogP contribution in [0.2, 0.25) is 0 Å². The summed E-state index contributed by atoms with van der Waals surface area (Å²) in [6.07, 6.45) is 7.23. The Bertz CT molecular complexity index is 890. The number of hydrogen-bond acceptors (Lipinski definition) is 2. The zero-order valence-electron chi connectivity index (χ0n) is 12.6. The van der Waals surface area contributed by atoms with Gasteiger partial charge in [0.1, 0.15) is 11.5 Å². The number of benzene rings is 2. The van der Waals surface area contributed by atoms with Crippen molar-refractivity contribution in [2.24, 2.45) is 0 Å². The quantitative estimate of drug-likeness (QED) is 0.775. The molecule has 3 aromatic rings. The third-order valence-corrected chi connectivity index (χ3v) is 4.31. The minimum atomic E-state index is 0.855. The number of aromatic nitrogens is 1. The van der Waals surface area contributed by atoms with E-state index >= 15 is 0 Å². The smallest absolute Gasteiger partial charge is 0.128 e. The molecule has 1 aliphatic rings. The minimum Gasteiger partial charge on any atom is -0.496 e. The van der Waals surface area contributed by atoms with Gasteiger partial charge in [0.15, 0.2) is 0 Å². The number of fused-ring (bicyclic) bond motifs is 2. The molecule has 4 rings (SSSR count). The summed E-state index contributed by atoms with van der Waals surface area (Å²) in [5.74, 6) is 1.73. The van der Waals surface area contributed by atoms with Crippen LogP contribution in [-0.2, 0) is 6.42 Å². The first kappa shape index (κ1) is 13.0. The molecule has 1 N–H and O–H groups in total. The van der Waals surface area contributed by atoms with E-state index in [1.54, 1.807) is 14.2 Å². The Labute approximate surface area is 129 Å². The lowest BCUT2D eigenvalue weighted by molar-refractivity contribution is 0.410. The highest BCUT2D eigenvalue weighted by Gasteiger charge is 2.22. The summed E-state index contributed by atoms with van der Waals surface area (Å²) in [6, 6.07) is 10.3. The third kappa shape index (κ3) is 1.75. The molecule has 1 heterocycles. The molecule has 0 unspecified atom stereocenters. The molecule has 0 saturated carbocycles. The molecular formula is C19H17NO2. The number of methoxy groups -OCH3 is 2. The average molecular weight is 291 g/mol. The van der Waals surface area contributed by atoms with Gasteiger partial charge in [-0.25, -0.2) is 0 Å². The molecule has 2 aromatic carbocycles. The van der Waals surface area contributed by atoms with Gasteiger partial charge in [0.2, 0.25) is 0 Å². The van der Waals surface area contributed by atoms with Gasteiger partial charge in [-0.3, -0.25) is 0 Å². The van der Waals surface area contributed by atoms with Crippen molar-refractivity contribution >= 4 is 17.0 Å². The summed E-state index contributed by atoms with van der Waals surface area (Å²) in [4.78, 5) is 3.35. The molecule has 22 heavy (non-hydrogen) atoms. The van der Waals surface area contributed by atoms with Gasteiger partial charge in [-0.2, -0.15) is 0 Å². The van der Waals surface area contributed by atoms with Crippen molar-refractivity contribution in [1.82, 2.24) is 4.98 Å². The second-order valence-electron chi connectivity index (χ2n) is 5.40. The standard InChI is InChI=1S/C19H17NO2/c1-21-15-8-6-12-4-3-5-14(12)17(15)18-16(22-2)9-7-13-10-11-20-19(13)18/h3-4,6-11,20H,5H2,1-2H3. The molecule has 0 bridgehead atoms. The molecule has 0 radical (unpaired) electrons. The fraction of sp³-hybridized carbons (Fsp3) is 0.158. The van der Waals surface area contributed by atoms with Crippen LogP contribution in [0.25, 0.3) is 28.1 Å². The molecule has 0 amide bonds. The molecule has 1 aliphatic carbocycles. The molecular weight excluding hydrogens is 274 g/mol. The van der Waals surface area contributed by atoms with Crippen molar-refractivity contribution in [3.05, 3.63) is 53.7 Å². The predicted molar refractivity (Wildman–Crippen MR) is 89.6 cm³/mol. The number of ether oxygens (including phenoxy) is 2. The van der Waals surface area contributed by atoms with Gasteiger partial charge in [0.05, 0.1) is 25.3 Å². The van der Waals surface area contributed by atoms with Crippen LogP contribution in [-0.4, -0.2) is 19.2 Å². The maximum atomic E-state index is 5.65. The van der Waals surface area contributed by atoms with E-state index in [4.69, 9.17) is 9.47 Å². The van der Waals surface area contributed by atoms with Gasteiger partial charge in [-0.1, -0.05) is 18.2 Å². The van der Waals surface area contributed by atoms with Gasteiger partial charge in [0, 0.05) is 17.1 Å². The lowest BCUT2D eigenvalue weighted by atomic mass is 9.93. The first-order valence-electron chi connectivity index (χ1n) is 7.34. The van der Waals surface area contributed by atoms with Crippen molar-refractivity contribution in [3.8, 4) is 22.6 Å². The van der Waals surface area contributed by atoms with Crippen LogP contribution in [0.5, 0.6) is 11.5 Å². The van der Waals surface area contributed by atoms with E-state index in [0.29, 0.717) is 0 Å². The monoisotopic (exact) mass is 291 g/mol. The van der Waals surface area contributed by atoms with Crippen LogP contribution in [0.1, 0.15) is 11.1 Å². The summed E-state index contributed by atoms with van der Waals surface area (Å²) in [5, 5.41) is 1.17. The zero-order chi connectivity index (χ0) is 15.1. The lowest BCUT2D eigenvalue weighted by Gasteiger charge is -2.17. The number of H-pyrrole nitrogens is 1. The van der Waals surface area contributed by atoms with E-state index < -0.39 is 0 Å². The summed E-state index contributed by atoms with van der Waals surface area (Å²) >= 11 is 0. The van der Waals surface area contributed by atoms with E-state index in [1.807, 2.05) is 18.3 Å². The number of nitrogens with one attached hydrogen (secondary N) is 1. The van der Waals surface area contributed by atoms with E-state index in [0.717, 1.165) is 34.6 Å². The van der Waals surface area contributed by atoms with Crippen molar-refractivity contribution in [2.45, 2.75) is 6.42 Å². The Morgan fingerprint density at radius 3 is 2.50 bits per heavy atom. The third-order valence-electron chi connectivity index (χ3n) is 4.31. The van der Waals surface area contributed by atoms with Gasteiger partial charge in [0.25, 0.3) is 0 Å². The van der Waals surface area contributed by atoms with Crippen molar-refractivity contribution in [1.29, 1.82) is 0 Å². The largest absolute Gasteiger partial charge is 0.496 e. The predicted octanol–water partition coefficient (Wildman–Crippen LogP) is 4.42. The van der Waals surface area contributed by atoms with Crippen molar-refractivity contribution < 1.29 is 9.47 Å². The van der Waals surface area contributed by atoms with Crippen LogP contribution in [0.15, 0.2) is 42.6 Å². The zero-order valence-corrected chi connectivity index (χ0v) is 12.6. The van der Waals surface area contributed by atoms with Crippen LogP contribution < -0.4 is 9.47 Å². The lowest BCUT2D eigenvalue weighted by Crippen LogP contribution is -1.97. The summed E-state index contributed by atoms with van der Waals surface area (Å²) in [6.45, 7) is 0. The minimum absolute atomic E-state index is 0.855. The summed E-state index contributed by atoms with van der Waals surface area (Å²) in [7, 11) is 3.43. The Balaban J connectivity index is 2.12. The number of rotatable bonds is 3. The highest BCUT2D eigenvalue weighted by molar-refractivity contribution is 6.00. The Kier molecular flexibility index (Phi) is 2.93. The molecule has 0 fully saturated rings. The summed E-state index contributed by atoms with van der Waals surface area (Å²) < 4.78 is 11.3. The Morgan fingerprint density at radius 2 is 1.68 bits per heavy atom.